The van der Waals surface area contributed by atoms with Gasteiger partial charge in [0.1, 0.15) is 0 Å². The zero-order valence-corrected chi connectivity index (χ0v) is 10.2. The van der Waals surface area contributed by atoms with Crippen molar-refractivity contribution in [3.05, 3.63) is 47.8 Å². The van der Waals surface area contributed by atoms with Gasteiger partial charge in [0.2, 0.25) is 0 Å². The van der Waals surface area contributed by atoms with Crippen molar-refractivity contribution in [3.8, 4) is 5.69 Å². The average Bonchev–Trinajstić information content (AvgIpc) is 2.61. The van der Waals surface area contributed by atoms with E-state index in [1.165, 1.54) is 0 Å². The van der Waals surface area contributed by atoms with Gasteiger partial charge in [0.15, 0.2) is 0 Å². The molecular weight excluding hydrogens is 222 g/mol. The third-order valence-corrected chi connectivity index (χ3v) is 2.54. The van der Waals surface area contributed by atoms with E-state index in [0.29, 0.717) is 0 Å². The van der Waals surface area contributed by atoms with E-state index in [0.717, 1.165) is 16.9 Å². The minimum Gasteiger partial charge on any atom is -0.324 e. The van der Waals surface area contributed by atoms with Crippen LogP contribution < -0.4 is 5.73 Å². The van der Waals surface area contributed by atoms with E-state index in [2.05, 4.69) is 5.10 Å². The lowest BCUT2D eigenvalue weighted by Crippen LogP contribution is -2.06. The molecule has 0 aliphatic rings. The highest BCUT2D eigenvalue weighted by Crippen LogP contribution is 2.17. The largest absolute Gasteiger partial charge is 0.324 e. The normalized spacial score (nSPS) is 11.9. The fourth-order valence-electron chi connectivity index (χ4n) is 1.70. The SMILES string of the molecule is Cc1c(C(C)N)cnn1-c1ccccc1.Cl. The molecule has 2 rings (SSSR count). The fourth-order valence-corrected chi connectivity index (χ4v) is 1.70. The van der Waals surface area contributed by atoms with Crippen LogP contribution in [0.4, 0.5) is 0 Å². The molecule has 0 saturated heterocycles. The summed E-state index contributed by atoms with van der Waals surface area (Å²) in [6.45, 7) is 4.01. The van der Waals surface area contributed by atoms with E-state index < -0.39 is 0 Å². The smallest absolute Gasteiger partial charge is 0.0648 e. The summed E-state index contributed by atoms with van der Waals surface area (Å²) in [5.41, 5.74) is 9.13. The van der Waals surface area contributed by atoms with E-state index in [9.17, 15) is 0 Å². The van der Waals surface area contributed by atoms with Crippen LogP contribution in [0.1, 0.15) is 24.2 Å². The quantitative estimate of drug-likeness (QED) is 0.873. The summed E-state index contributed by atoms with van der Waals surface area (Å²) in [4.78, 5) is 0. The van der Waals surface area contributed by atoms with Crippen molar-refractivity contribution in [2.45, 2.75) is 19.9 Å². The van der Waals surface area contributed by atoms with Crippen LogP contribution in [-0.4, -0.2) is 9.78 Å². The van der Waals surface area contributed by atoms with Gasteiger partial charge in [-0.1, -0.05) is 18.2 Å². The van der Waals surface area contributed by atoms with Gasteiger partial charge >= 0.3 is 0 Å². The number of hydrogen-bond donors (Lipinski definition) is 1. The number of nitrogens with two attached hydrogens (primary N) is 1. The minimum absolute atomic E-state index is 0. The minimum atomic E-state index is 0. The van der Waals surface area contributed by atoms with Gasteiger partial charge in [0.05, 0.1) is 11.9 Å². The second-order valence-corrected chi connectivity index (χ2v) is 3.72. The first-order valence-corrected chi connectivity index (χ1v) is 5.05. The second-order valence-electron chi connectivity index (χ2n) is 3.72. The highest BCUT2D eigenvalue weighted by atomic mass is 35.5. The van der Waals surface area contributed by atoms with Crippen molar-refractivity contribution < 1.29 is 0 Å². The van der Waals surface area contributed by atoms with Gasteiger partial charge in [-0.25, -0.2) is 4.68 Å². The predicted octanol–water partition coefficient (Wildman–Crippen LogP) is 2.62. The van der Waals surface area contributed by atoms with E-state index in [-0.39, 0.29) is 18.4 Å². The zero-order chi connectivity index (χ0) is 10.8. The maximum atomic E-state index is 5.85. The van der Waals surface area contributed by atoms with Crippen molar-refractivity contribution in [1.29, 1.82) is 0 Å². The summed E-state index contributed by atoms with van der Waals surface area (Å²) in [7, 11) is 0. The van der Waals surface area contributed by atoms with Crippen LogP contribution in [0.3, 0.4) is 0 Å². The molecule has 4 heteroatoms. The Balaban J connectivity index is 0.00000128. The molecule has 0 fully saturated rings. The number of nitrogens with zero attached hydrogens (tertiary/aromatic N) is 2. The summed E-state index contributed by atoms with van der Waals surface area (Å²) in [6.07, 6.45) is 1.84. The lowest BCUT2D eigenvalue weighted by molar-refractivity contribution is 0.797. The number of benzene rings is 1. The first-order valence-electron chi connectivity index (χ1n) is 5.05. The molecule has 2 aromatic rings. The number of hydrogen-bond acceptors (Lipinski definition) is 2. The van der Waals surface area contributed by atoms with E-state index in [1.807, 2.05) is 55.1 Å². The molecule has 16 heavy (non-hydrogen) atoms. The Labute approximate surface area is 102 Å². The lowest BCUT2D eigenvalue weighted by atomic mass is 10.1. The molecule has 0 spiro atoms. The Hall–Kier alpha value is -1.32. The Morgan fingerprint density at radius 2 is 1.88 bits per heavy atom. The molecular formula is C12H16ClN3. The lowest BCUT2D eigenvalue weighted by Gasteiger charge is -2.06. The number of rotatable bonds is 2. The Morgan fingerprint density at radius 1 is 1.25 bits per heavy atom. The van der Waals surface area contributed by atoms with E-state index in [4.69, 9.17) is 5.73 Å². The first-order chi connectivity index (χ1) is 7.20. The van der Waals surface area contributed by atoms with Crippen LogP contribution in [0, 0.1) is 6.92 Å². The molecule has 3 nitrogen and oxygen atoms in total. The molecule has 1 unspecified atom stereocenters. The summed E-state index contributed by atoms with van der Waals surface area (Å²) in [6, 6.07) is 10.1. The molecule has 1 atom stereocenters. The molecule has 1 heterocycles. The second kappa shape index (κ2) is 5.14. The molecule has 0 radical (unpaired) electrons. The van der Waals surface area contributed by atoms with Crippen LogP contribution in [0.25, 0.3) is 5.69 Å². The van der Waals surface area contributed by atoms with Gasteiger partial charge in [-0.3, -0.25) is 0 Å². The zero-order valence-electron chi connectivity index (χ0n) is 9.42. The predicted molar refractivity (Wildman–Crippen MR) is 68.2 cm³/mol. The van der Waals surface area contributed by atoms with Gasteiger partial charge < -0.3 is 5.73 Å². The summed E-state index contributed by atoms with van der Waals surface area (Å²) < 4.78 is 1.92. The topological polar surface area (TPSA) is 43.8 Å². The van der Waals surface area contributed by atoms with Gasteiger partial charge in [0.25, 0.3) is 0 Å². The fraction of sp³-hybridized carbons (Fsp3) is 0.250. The first kappa shape index (κ1) is 12.7. The van der Waals surface area contributed by atoms with Crippen LogP contribution in [-0.2, 0) is 0 Å². The van der Waals surface area contributed by atoms with Crippen molar-refractivity contribution in [2.75, 3.05) is 0 Å². The van der Waals surface area contributed by atoms with Crippen molar-refractivity contribution >= 4 is 12.4 Å². The number of para-hydroxylation sites is 1. The third-order valence-electron chi connectivity index (χ3n) is 2.54. The Morgan fingerprint density at radius 3 is 2.38 bits per heavy atom. The molecule has 0 bridgehead atoms. The highest BCUT2D eigenvalue weighted by Gasteiger charge is 2.10. The van der Waals surface area contributed by atoms with E-state index >= 15 is 0 Å². The molecule has 1 aromatic heterocycles. The van der Waals surface area contributed by atoms with Crippen LogP contribution in [0.15, 0.2) is 36.5 Å². The van der Waals surface area contributed by atoms with Gasteiger partial charge in [-0.05, 0) is 26.0 Å². The standard InChI is InChI=1S/C12H15N3.ClH/c1-9(13)12-8-14-15(10(12)2)11-6-4-3-5-7-11;/h3-9H,13H2,1-2H3;1H. The Bertz CT molecular complexity index is 449. The molecule has 1 aromatic carbocycles. The summed E-state index contributed by atoms with van der Waals surface area (Å²) >= 11 is 0. The van der Waals surface area contributed by atoms with Gasteiger partial charge in [0, 0.05) is 17.3 Å². The third kappa shape index (κ3) is 2.26. The molecule has 86 valence electrons. The monoisotopic (exact) mass is 237 g/mol. The van der Waals surface area contributed by atoms with E-state index in [1.54, 1.807) is 0 Å². The number of halogens is 1. The summed E-state index contributed by atoms with van der Waals surface area (Å²) in [5.74, 6) is 0. The van der Waals surface area contributed by atoms with Gasteiger partial charge in [-0.2, -0.15) is 5.10 Å². The molecule has 0 aliphatic carbocycles. The maximum absolute atomic E-state index is 5.85. The van der Waals surface area contributed by atoms with Crippen LogP contribution in [0.2, 0.25) is 0 Å². The molecule has 0 saturated carbocycles. The van der Waals surface area contributed by atoms with Crippen molar-refractivity contribution in [3.63, 3.8) is 0 Å². The molecule has 0 aliphatic heterocycles. The number of aromatic nitrogens is 2. The average molecular weight is 238 g/mol. The van der Waals surface area contributed by atoms with Crippen LogP contribution >= 0.6 is 12.4 Å². The summed E-state index contributed by atoms with van der Waals surface area (Å²) in [5, 5.41) is 4.34. The molecule has 2 N–H and O–H groups in total. The highest BCUT2D eigenvalue weighted by molar-refractivity contribution is 5.85. The van der Waals surface area contributed by atoms with Crippen molar-refractivity contribution in [1.82, 2.24) is 9.78 Å². The Kier molecular flexibility index (Phi) is 4.10. The van der Waals surface area contributed by atoms with Gasteiger partial charge in [-0.15, -0.1) is 12.4 Å². The van der Waals surface area contributed by atoms with Crippen LogP contribution in [0.5, 0.6) is 0 Å². The van der Waals surface area contributed by atoms with Crippen molar-refractivity contribution in [2.24, 2.45) is 5.73 Å². The maximum Gasteiger partial charge on any atom is 0.0648 e. The molecule has 0 amide bonds.